The van der Waals surface area contributed by atoms with Crippen molar-refractivity contribution in [3.8, 4) is 5.75 Å². The van der Waals surface area contributed by atoms with Crippen molar-refractivity contribution in [2.45, 2.75) is 38.5 Å². The zero-order valence-corrected chi connectivity index (χ0v) is 18.7. The van der Waals surface area contributed by atoms with Gasteiger partial charge in [0.1, 0.15) is 5.75 Å². The fourth-order valence-electron chi connectivity index (χ4n) is 4.03. The van der Waals surface area contributed by atoms with Crippen LogP contribution >= 0.6 is 0 Å². The first-order valence-corrected chi connectivity index (χ1v) is 11.8. The van der Waals surface area contributed by atoms with Gasteiger partial charge in [0.25, 0.3) is 5.91 Å². The van der Waals surface area contributed by atoms with Crippen LogP contribution in [0.4, 0.5) is 0 Å². The average Bonchev–Trinajstić information content (AvgIpc) is 2.71. The molecule has 162 valence electrons. The number of amides is 1. The topological polar surface area (TPSA) is 75.7 Å². The number of likely N-dealkylation sites (tertiary alicyclic amines) is 1. The number of sulfonamides is 1. The molecule has 1 aliphatic rings. The number of hydrogen-bond donors (Lipinski definition) is 1. The lowest BCUT2D eigenvalue weighted by molar-refractivity contribution is -0.134. The Kier molecular flexibility index (Phi) is 7.15. The summed E-state index contributed by atoms with van der Waals surface area (Å²) in [6.07, 6.45) is 1.54. The van der Waals surface area contributed by atoms with E-state index in [9.17, 15) is 13.2 Å². The average molecular weight is 431 g/mol. The van der Waals surface area contributed by atoms with Crippen molar-refractivity contribution < 1.29 is 17.9 Å². The molecule has 1 N–H and O–H groups in total. The van der Waals surface area contributed by atoms with Crippen LogP contribution in [0.2, 0.25) is 0 Å². The van der Waals surface area contributed by atoms with E-state index in [0.29, 0.717) is 30.3 Å². The van der Waals surface area contributed by atoms with Gasteiger partial charge in [-0.25, -0.2) is 13.1 Å². The smallest absolute Gasteiger partial charge is 0.260 e. The van der Waals surface area contributed by atoms with E-state index in [1.165, 1.54) is 0 Å². The van der Waals surface area contributed by atoms with Crippen molar-refractivity contribution >= 4 is 15.9 Å². The predicted molar refractivity (Wildman–Crippen MR) is 117 cm³/mol. The first-order chi connectivity index (χ1) is 14.3. The highest BCUT2D eigenvalue weighted by molar-refractivity contribution is 7.89. The maximum atomic E-state index is 12.8. The Morgan fingerprint density at radius 2 is 1.67 bits per heavy atom. The van der Waals surface area contributed by atoms with Crippen LogP contribution in [0.15, 0.2) is 47.4 Å². The lowest BCUT2D eigenvalue weighted by Gasteiger charge is -2.32. The molecule has 0 aliphatic carbocycles. The molecular formula is C23H30N2O4S. The monoisotopic (exact) mass is 430 g/mol. The molecule has 3 rings (SSSR count). The zero-order chi connectivity index (χ0) is 21.7. The van der Waals surface area contributed by atoms with Crippen LogP contribution in [0.1, 0.15) is 29.5 Å². The second-order valence-electron chi connectivity index (χ2n) is 8.01. The van der Waals surface area contributed by atoms with Gasteiger partial charge in [-0.1, -0.05) is 35.9 Å². The third kappa shape index (κ3) is 5.61. The SMILES string of the molecule is Cc1cc(C)c(S(=O)(=O)NCC2CCN(C(=O)COc3ccccc3)CC2)c(C)c1. The van der Waals surface area contributed by atoms with Crippen LogP contribution in [0, 0.1) is 26.7 Å². The molecule has 30 heavy (non-hydrogen) atoms. The van der Waals surface area contributed by atoms with Gasteiger partial charge in [-0.3, -0.25) is 4.79 Å². The van der Waals surface area contributed by atoms with Gasteiger partial charge >= 0.3 is 0 Å². The van der Waals surface area contributed by atoms with E-state index >= 15 is 0 Å². The normalized spacial score (nSPS) is 15.2. The van der Waals surface area contributed by atoms with Gasteiger partial charge in [0, 0.05) is 19.6 Å². The Balaban J connectivity index is 1.48. The summed E-state index contributed by atoms with van der Waals surface area (Å²) in [4.78, 5) is 14.5. The van der Waals surface area contributed by atoms with Crippen molar-refractivity contribution in [1.29, 1.82) is 0 Å². The molecule has 2 aromatic rings. The molecular weight excluding hydrogens is 400 g/mol. The Bertz CT molecular complexity index is 959. The van der Waals surface area contributed by atoms with E-state index in [1.807, 2.05) is 63.2 Å². The van der Waals surface area contributed by atoms with Crippen LogP contribution < -0.4 is 9.46 Å². The third-order valence-electron chi connectivity index (χ3n) is 5.51. The van der Waals surface area contributed by atoms with Gasteiger partial charge in [0.2, 0.25) is 10.0 Å². The second-order valence-corrected chi connectivity index (χ2v) is 9.71. The standard InChI is InChI=1S/C23H30N2O4S/c1-17-13-18(2)23(19(3)14-17)30(27,28)24-15-20-9-11-25(12-10-20)22(26)16-29-21-7-5-4-6-8-21/h4-8,13-14,20,24H,9-12,15-16H2,1-3H3. The second kappa shape index (κ2) is 9.62. The lowest BCUT2D eigenvalue weighted by atomic mass is 9.97. The summed E-state index contributed by atoms with van der Waals surface area (Å²) >= 11 is 0. The summed E-state index contributed by atoms with van der Waals surface area (Å²) in [5, 5.41) is 0. The molecule has 0 spiro atoms. The maximum absolute atomic E-state index is 12.8. The summed E-state index contributed by atoms with van der Waals surface area (Å²) in [5.41, 5.74) is 2.58. The zero-order valence-electron chi connectivity index (χ0n) is 17.8. The molecule has 1 heterocycles. The predicted octanol–water partition coefficient (Wildman–Crippen LogP) is 3.21. The van der Waals surface area contributed by atoms with Gasteiger partial charge in [0.05, 0.1) is 4.90 Å². The number of benzene rings is 2. The van der Waals surface area contributed by atoms with Crippen LogP contribution in [0.5, 0.6) is 5.75 Å². The Hall–Kier alpha value is -2.38. The van der Waals surface area contributed by atoms with E-state index < -0.39 is 10.0 Å². The summed E-state index contributed by atoms with van der Waals surface area (Å²) < 4.78 is 34.0. The number of ether oxygens (including phenoxy) is 1. The Morgan fingerprint density at radius 3 is 2.27 bits per heavy atom. The van der Waals surface area contributed by atoms with E-state index in [-0.39, 0.29) is 18.4 Å². The van der Waals surface area contributed by atoms with Gasteiger partial charge in [-0.15, -0.1) is 0 Å². The van der Waals surface area contributed by atoms with Gasteiger partial charge in [0.15, 0.2) is 6.61 Å². The number of nitrogens with one attached hydrogen (secondary N) is 1. The number of piperidine rings is 1. The molecule has 7 heteroatoms. The Morgan fingerprint density at radius 1 is 1.07 bits per heavy atom. The molecule has 1 amide bonds. The van der Waals surface area contributed by atoms with Crippen molar-refractivity contribution in [2.75, 3.05) is 26.2 Å². The molecule has 0 atom stereocenters. The quantitative estimate of drug-likeness (QED) is 0.732. The van der Waals surface area contributed by atoms with Crippen molar-refractivity contribution in [3.05, 3.63) is 59.2 Å². The number of nitrogens with zero attached hydrogens (tertiary/aromatic N) is 1. The minimum atomic E-state index is -3.56. The summed E-state index contributed by atoms with van der Waals surface area (Å²) in [5.74, 6) is 0.852. The summed E-state index contributed by atoms with van der Waals surface area (Å²) in [7, 11) is -3.56. The molecule has 0 aromatic heterocycles. The number of hydrogen-bond acceptors (Lipinski definition) is 4. The van der Waals surface area contributed by atoms with E-state index in [0.717, 1.165) is 29.5 Å². The highest BCUT2D eigenvalue weighted by Gasteiger charge is 2.26. The van der Waals surface area contributed by atoms with E-state index in [4.69, 9.17) is 4.74 Å². The van der Waals surface area contributed by atoms with Crippen molar-refractivity contribution in [1.82, 2.24) is 9.62 Å². The third-order valence-corrected chi connectivity index (χ3v) is 7.24. The Labute approximate surface area is 179 Å². The fraction of sp³-hybridized carbons (Fsp3) is 0.435. The van der Waals surface area contributed by atoms with Gasteiger partial charge in [-0.05, 0) is 62.8 Å². The van der Waals surface area contributed by atoms with Crippen LogP contribution in [-0.4, -0.2) is 45.5 Å². The number of rotatable bonds is 7. The van der Waals surface area contributed by atoms with Crippen molar-refractivity contribution in [2.24, 2.45) is 5.92 Å². The number of carbonyl (C=O) groups is 1. The van der Waals surface area contributed by atoms with Crippen LogP contribution in [-0.2, 0) is 14.8 Å². The van der Waals surface area contributed by atoms with Crippen LogP contribution in [0.25, 0.3) is 0 Å². The molecule has 0 saturated carbocycles. The van der Waals surface area contributed by atoms with Gasteiger partial charge < -0.3 is 9.64 Å². The highest BCUT2D eigenvalue weighted by Crippen LogP contribution is 2.23. The molecule has 2 aromatic carbocycles. The summed E-state index contributed by atoms with van der Waals surface area (Å²) in [6, 6.07) is 13.1. The lowest BCUT2D eigenvalue weighted by Crippen LogP contribution is -2.43. The largest absolute Gasteiger partial charge is 0.484 e. The first-order valence-electron chi connectivity index (χ1n) is 10.3. The molecule has 0 bridgehead atoms. The summed E-state index contributed by atoms with van der Waals surface area (Å²) in [6.45, 7) is 7.26. The highest BCUT2D eigenvalue weighted by atomic mass is 32.2. The number of aryl methyl sites for hydroxylation is 3. The van der Waals surface area contributed by atoms with E-state index in [2.05, 4.69) is 4.72 Å². The van der Waals surface area contributed by atoms with Crippen LogP contribution in [0.3, 0.4) is 0 Å². The molecule has 1 fully saturated rings. The number of para-hydroxylation sites is 1. The van der Waals surface area contributed by atoms with Gasteiger partial charge in [-0.2, -0.15) is 0 Å². The first kappa shape index (κ1) is 22.3. The molecule has 1 aliphatic heterocycles. The molecule has 0 unspecified atom stereocenters. The van der Waals surface area contributed by atoms with Crippen molar-refractivity contribution in [3.63, 3.8) is 0 Å². The number of carbonyl (C=O) groups excluding carboxylic acids is 1. The molecule has 6 nitrogen and oxygen atoms in total. The molecule has 1 saturated heterocycles. The fourth-order valence-corrected chi connectivity index (χ4v) is 5.60. The minimum absolute atomic E-state index is 0.0211. The minimum Gasteiger partial charge on any atom is -0.484 e. The maximum Gasteiger partial charge on any atom is 0.260 e. The van der Waals surface area contributed by atoms with E-state index in [1.54, 1.807) is 4.90 Å². The molecule has 0 radical (unpaired) electrons.